The monoisotopic (exact) mass is 465 g/mol. The van der Waals surface area contributed by atoms with Gasteiger partial charge in [0, 0.05) is 24.4 Å². The zero-order valence-electron chi connectivity index (χ0n) is 17.4. The number of hydrogen-bond acceptors (Lipinski definition) is 7. The Labute approximate surface area is 185 Å². The number of carbonyl (C=O) groups is 1. The largest absolute Gasteiger partial charge is 0.465 e. The highest BCUT2D eigenvalue weighted by molar-refractivity contribution is 5.96. The molecule has 1 saturated carbocycles. The van der Waals surface area contributed by atoms with Gasteiger partial charge in [0.15, 0.2) is 11.6 Å². The zero-order chi connectivity index (χ0) is 23.6. The first-order valence-electron chi connectivity index (χ1n) is 10.0. The van der Waals surface area contributed by atoms with Crippen LogP contribution in [0.15, 0.2) is 36.8 Å². The molecule has 0 radical (unpaired) electrons. The van der Waals surface area contributed by atoms with E-state index in [4.69, 9.17) is 9.47 Å². The van der Waals surface area contributed by atoms with Crippen molar-refractivity contribution in [3.05, 3.63) is 59.3 Å². The molecule has 0 saturated heterocycles. The third kappa shape index (κ3) is 5.04. The van der Waals surface area contributed by atoms with Gasteiger partial charge in [0.05, 0.1) is 37.3 Å². The molecule has 1 N–H and O–H groups in total. The fourth-order valence-corrected chi connectivity index (χ4v) is 3.26. The number of carbonyl (C=O) groups excluding carboxylic acids is 1. The predicted molar refractivity (Wildman–Crippen MR) is 107 cm³/mol. The van der Waals surface area contributed by atoms with Crippen LogP contribution < -0.4 is 10.1 Å². The third-order valence-electron chi connectivity index (χ3n) is 5.15. The van der Waals surface area contributed by atoms with Crippen molar-refractivity contribution in [1.29, 1.82) is 0 Å². The van der Waals surface area contributed by atoms with E-state index in [2.05, 4.69) is 20.5 Å². The van der Waals surface area contributed by atoms with Crippen LogP contribution in [0.25, 0.3) is 0 Å². The molecular weight excluding hydrogens is 446 g/mol. The van der Waals surface area contributed by atoms with E-state index >= 15 is 0 Å². The summed E-state index contributed by atoms with van der Waals surface area (Å²) in [6, 6.07) is 2.92. The first-order valence-corrected chi connectivity index (χ1v) is 10.0. The minimum Gasteiger partial charge on any atom is -0.465 e. The van der Waals surface area contributed by atoms with Crippen LogP contribution >= 0.6 is 0 Å². The molecule has 2 aromatic heterocycles. The second-order valence-electron chi connectivity index (χ2n) is 7.45. The normalized spacial score (nSPS) is 14.0. The molecule has 0 unspecified atom stereocenters. The quantitative estimate of drug-likeness (QED) is 0.408. The van der Waals surface area contributed by atoms with Gasteiger partial charge in [-0.25, -0.2) is 14.2 Å². The number of benzene rings is 1. The van der Waals surface area contributed by atoms with E-state index in [0.29, 0.717) is 0 Å². The van der Waals surface area contributed by atoms with Crippen molar-refractivity contribution in [2.24, 2.45) is 0 Å². The van der Waals surface area contributed by atoms with Crippen LogP contribution in [-0.2, 0) is 17.5 Å². The Morgan fingerprint density at radius 2 is 1.94 bits per heavy atom. The molecule has 3 aromatic rings. The molecule has 12 heteroatoms. The SMILES string of the molecule is COC(=O)c1cc(Oc2ncc(Cn3nccn3)cc2C(F)(F)F)c(F)cc1NC1CCC1. The maximum atomic E-state index is 14.8. The van der Waals surface area contributed by atoms with Gasteiger partial charge in [0.2, 0.25) is 5.88 Å². The second kappa shape index (κ2) is 9.04. The third-order valence-corrected chi connectivity index (χ3v) is 5.15. The Balaban J connectivity index is 1.67. The summed E-state index contributed by atoms with van der Waals surface area (Å²) in [5, 5.41) is 10.7. The molecule has 1 aliphatic rings. The molecule has 33 heavy (non-hydrogen) atoms. The second-order valence-corrected chi connectivity index (χ2v) is 7.45. The number of anilines is 1. The van der Waals surface area contributed by atoms with Gasteiger partial charge in [-0.3, -0.25) is 0 Å². The molecule has 2 heterocycles. The number of methoxy groups -OCH3 is 1. The number of rotatable bonds is 7. The zero-order valence-corrected chi connectivity index (χ0v) is 17.4. The number of aromatic nitrogens is 4. The van der Waals surface area contributed by atoms with Crippen molar-refractivity contribution in [2.45, 2.75) is 38.0 Å². The van der Waals surface area contributed by atoms with Gasteiger partial charge in [-0.15, -0.1) is 0 Å². The molecule has 1 fully saturated rings. The van der Waals surface area contributed by atoms with Gasteiger partial charge in [-0.1, -0.05) is 0 Å². The fourth-order valence-electron chi connectivity index (χ4n) is 3.26. The number of halogens is 4. The highest BCUT2D eigenvalue weighted by atomic mass is 19.4. The van der Waals surface area contributed by atoms with E-state index in [-0.39, 0.29) is 29.4 Å². The Bertz CT molecular complexity index is 1150. The Hall–Kier alpha value is -3.70. The first-order chi connectivity index (χ1) is 15.7. The maximum Gasteiger partial charge on any atom is 0.421 e. The molecule has 1 aliphatic carbocycles. The Morgan fingerprint density at radius 3 is 2.55 bits per heavy atom. The summed E-state index contributed by atoms with van der Waals surface area (Å²) in [6.45, 7) is -0.0499. The summed E-state index contributed by atoms with van der Waals surface area (Å²) in [7, 11) is 1.15. The van der Waals surface area contributed by atoms with Gasteiger partial charge < -0.3 is 14.8 Å². The van der Waals surface area contributed by atoms with Crippen molar-refractivity contribution in [1.82, 2.24) is 20.0 Å². The molecule has 0 bridgehead atoms. The topological polar surface area (TPSA) is 91.2 Å². The molecule has 4 rings (SSSR count). The summed E-state index contributed by atoms with van der Waals surface area (Å²) in [5.41, 5.74) is -0.914. The van der Waals surface area contributed by atoms with E-state index in [0.717, 1.165) is 50.8 Å². The minimum absolute atomic E-state index is 0.0499. The van der Waals surface area contributed by atoms with Crippen LogP contribution in [0.4, 0.5) is 23.2 Å². The lowest BCUT2D eigenvalue weighted by molar-refractivity contribution is -0.139. The number of nitrogens with zero attached hydrogens (tertiary/aromatic N) is 4. The molecular formula is C21H19F4N5O3. The summed E-state index contributed by atoms with van der Waals surface area (Å²) >= 11 is 0. The summed E-state index contributed by atoms with van der Waals surface area (Å²) < 4.78 is 65.8. The average Bonchev–Trinajstić information content (AvgIpc) is 3.25. The Morgan fingerprint density at radius 1 is 1.21 bits per heavy atom. The van der Waals surface area contributed by atoms with E-state index in [1.165, 1.54) is 17.2 Å². The summed E-state index contributed by atoms with van der Waals surface area (Å²) in [6.07, 6.45) is 1.83. The van der Waals surface area contributed by atoms with Gasteiger partial charge in [-0.05, 0) is 30.9 Å². The molecule has 0 atom stereocenters. The number of ether oxygens (including phenoxy) is 2. The van der Waals surface area contributed by atoms with Crippen molar-refractivity contribution in [2.75, 3.05) is 12.4 Å². The average molecular weight is 465 g/mol. The van der Waals surface area contributed by atoms with Crippen LogP contribution in [0.3, 0.4) is 0 Å². The number of pyridine rings is 1. The smallest absolute Gasteiger partial charge is 0.421 e. The highest BCUT2D eigenvalue weighted by Gasteiger charge is 2.36. The highest BCUT2D eigenvalue weighted by Crippen LogP contribution is 2.39. The van der Waals surface area contributed by atoms with Gasteiger partial charge >= 0.3 is 12.1 Å². The maximum absolute atomic E-state index is 14.8. The molecule has 8 nitrogen and oxygen atoms in total. The molecule has 1 aromatic carbocycles. The first kappa shape index (κ1) is 22.5. The number of nitrogens with one attached hydrogen (secondary N) is 1. The molecule has 0 aliphatic heterocycles. The van der Waals surface area contributed by atoms with Crippen molar-refractivity contribution < 1.29 is 31.8 Å². The van der Waals surface area contributed by atoms with E-state index in [1.807, 2.05) is 0 Å². The lowest BCUT2D eigenvalue weighted by Gasteiger charge is -2.28. The van der Waals surface area contributed by atoms with E-state index in [1.54, 1.807) is 0 Å². The Kier molecular flexibility index (Phi) is 6.16. The molecule has 0 spiro atoms. The van der Waals surface area contributed by atoms with Crippen molar-refractivity contribution in [3.8, 4) is 11.6 Å². The van der Waals surface area contributed by atoms with Crippen molar-refractivity contribution >= 4 is 11.7 Å². The van der Waals surface area contributed by atoms with Gasteiger partial charge in [0.1, 0.15) is 5.56 Å². The van der Waals surface area contributed by atoms with Crippen LogP contribution in [-0.4, -0.2) is 39.1 Å². The van der Waals surface area contributed by atoms with Crippen molar-refractivity contribution in [3.63, 3.8) is 0 Å². The van der Waals surface area contributed by atoms with Gasteiger partial charge in [0.25, 0.3) is 0 Å². The lowest BCUT2D eigenvalue weighted by atomic mass is 9.92. The predicted octanol–water partition coefficient (Wildman–Crippen LogP) is 4.42. The number of alkyl halides is 3. The number of hydrogen-bond donors (Lipinski definition) is 1. The minimum atomic E-state index is -4.83. The van der Waals surface area contributed by atoms with E-state index < -0.39 is 35.2 Å². The van der Waals surface area contributed by atoms with Gasteiger partial charge in [-0.2, -0.15) is 28.2 Å². The standard InChI is InChI=1S/C21H19F4N5O3/c1-32-20(31)14-8-18(16(22)9-17(14)29-13-3-2-4-13)33-19-15(21(23,24)25)7-12(10-26-19)11-30-27-5-6-28-30/h5-10,13,29H,2-4,11H2,1H3. The summed E-state index contributed by atoms with van der Waals surface area (Å²) in [5.74, 6) is -3.18. The van der Waals surface area contributed by atoms with Crippen LogP contribution in [0.1, 0.15) is 40.7 Å². The molecule has 174 valence electrons. The lowest BCUT2D eigenvalue weighted by Crippen LogP contribution is -2.28. The molecule has 0 amide bonds. The van der Waals surface area contributed by atoms with Crippen LogP contribution in [0, 0.1) is 5.82 Å². The van der Waals surface area contributed by atoms with Crippen LogP contribution in [0.5, 0.6) is 11.6 Å². The van der Waals surface area contributed by atoms with E-state index in [9.17, 15) is 22.4 Å². The number of esters is 1. The van der Waals surface area contributed by atoms with Crippen LogP contribution in [0.2, 0.25) is 0 Å². The fraction of sp³-hybridized carbons (Fsp3) is 0.333. The summed E-state index contributed by atoms with van der Waals surface area (Å²) in [4.78, 5) is 17.1.